The van der Waals surface area contributed by atoms with E-state index in [9.17, 15) is 0 Å². The molecule has 2 bridgehead atoms. The van der Waals surface area contributed by atoms with Crippen LogP contribution in [-0.2, 0) is 42.0 Å². The molecule has 241 valence electrons. The SMILES string of the molecule is CC1=C2CCc3c(C4C(C(C)C)=Cc5c(-c6ccc(C(C)(C)C)cc6)cccc54)cc(c2c3-c2ccc(C(C)(C)C)cc2)[CH]1[Zr+2].[Cl-].[Cl-]. The fourth-order valence-electron chi connectivity index (χ4n) is 8.15. The number of benzene rings is 4. The van der Waals surface area contributed by atoms with Gasteiger partial charge < -0.3 is 24.8 Å². The molecule has 3 aliphatic carbocycles. The first kappa shape index (κ1) is 36.1. The summed E-state index contributed by atoms with van der Waals surface area (Å²) < 4.78 is 0.556. The molecule has 0 saturated carbocycles. The zero-order valence-corrected chi connectivity index (χ0v) is 33.4. The molecule has 0 saturated heterocycles. The zero-order valence-electron chi connectivity index (χ0n) is 29.4. The molecule has 0 N–H and O–H groups in total. The van der Waals surface area contributed by atoms with Gasteiger partial charge in [0.25, 0.3) is 0 Å². The predicted molar refractivity (Wildman–Crippen MR) is 189 cm³/mol. The van der Waals surface area contributed by atoms with Gasteiger partial charge in [0, 0.05) is 0 Å². The summed E-state index contributed by atoms with van der Waals surface area (Å²) in [7, 11) is 0. The maximum atomic E-state index is 2.66. The van der Waals surface area contributed by atoms with Gasteiger partial charge in [0.15, 0.2) is 0 Å². The van der Waals surface area contributed by atoms with Crippen LogP contribution in [-0.4, -0.2) is 0 Å². The van der Waals surface area contributed by atoms with Crippen molar-refractivity contribution in [2.24, 2.45) is 5.92 Å². The molecule has 7 rings (SSSR count). The summed E-state index contributed by atoms with van der Waals surface area (Å²) >= 11 is 1.61. The second-order valence-corrected chi connectivity index (χ2v) is 17.5. The van der Waals surface area contributed by atoms with Crippen LogP contribution in [0.1, 0.15) is 123 Å². The van der Waals surface area contributed by atoms with Crippen molar-refractivity contribution in [2.75, 3.05) is 0 Å². The standard InChI is InChI=1S/C44H47.2ClH.Zr/c1-26(2)37-25-38-34(28-13-17-31(18-14-28)43(4,5)6)11-10-12-35(38)42(37)39-24-30-23-27(3)33-21-22-36(39)40(41(30)33)29-15-19-32(20-16-29)44(7,8)9;;;/h10-20,23-26,42H,21-22H2,1-9H3;2*1H;/q;;;+2/p-2. The maximum Gasteiger partial charge on any atom is -1.00 e. The summed E-state index contributed by atoms with van der Waals surface area (Å²) in [5.41, 5.74) is 22.7. The molecule has 0 aliphatic heterocycles. The van der Waals surface area contributed by atoms with E-state index in [4.69, 9.17) is 0 Å². The molecule has 0 fully saturated rings. The smallest absolute Gasteiger partial charge is 1.00 e. The Kier molecular flexibility index (Phi) is 9.94. The minimum Gasteiger partial charge on any atom is -1.00 e. The van der Waals surface area contributed by atoms with Crippen molar-refractivity contribution in [2.45, 2.75) is 95.5 Å². The number of allylic oxidation sites excluding steroid dienone is 3. The van der Waals surface area contributed by atoms with Crippen LogP contribution in [0.25, 0.3) is 33.9 Å². The Balaban J connectivity index is 0.00000217. The van der Waals surface area contributed by atoms with Crippen LogP contribution in [0.3, 0.4) is 0 Å². The number of hydrogen-bond acceptors (Lipinski definition) is 0. The molecule has 0 amide bonds. The minimum absolute atomic E-state index is 0. The third-order valence-corrected chi connectivity index (χ3v) is 12.6. The van der Waals surface area contributed by atoms with E-state index in [0.717, 1.165) is 6.42 Å². The quantitative estimate of drug-likeness (QED) is 0.237. The van der Waals surface area contributed by atoms with Crippen LogP contribution >= 0.6 is 0 Å². The van der Waals surface area contributed by atoms with Gasteiger partial charge in [-0.2, -0.15) is 0 Å². The molecule has 3 heteroatoms. The van der Waals surface area contributed by atoms with Crippen LogP contribution < -0.4 is 24.8 Å². The first-order valence-corrected chi connectivity index (χ1v) is 18.3. The van der Waals surface area contributed by atoms with Crippen molar-refractivity contribution < 1.29 is 49.5 Å². The van der Waals surface area contributed by atoms with Crippen molar-refractivity contribution in [1.82, 2.24) is 0 Å². The minimum atomic E-state index is 0. The van der Waals surface area contributed by atoms with Crippen LogP contribution in [0.5, 0.6) is 0 Å². The zero-order chi connectivity index (χ0) is 32.0. The van der Waals surface area contributed by atoms with Gasteiger partial charge in [0.1, 0.15) is 0 Å². The molecular weight excluding hydrogens is 691 g/mol. The Bertz CT molecular complexity index is 1890. The van der Waals surface area contributed by atoms with Gasteiger partial charge in [0.2, 0.25) is 0 Å². The molecule has 4 aromatic rings. The second kappa shape index (κ2) is 12.9. The van der Waals surface area contributed by atoms with E-state index in [0.29, 0.717) is 15.5 Å². The van der Waals surface area contributed by atoms with Crippen molar-refractivity contribution in [1.29, 1.82) is 0 Å². The van der Waals surface area contributed by atoms with Crippen molar-refractivity contribution in [3.8, 4) is 22.3 Å². The monoisotopic (exact) mass is 735 g/mol. The Hall–Kier alpha value is -2.18. The van der Waals surface area contributed by atoms with Crippen LogP contribution in [0.4, 0.5) is 0 Å². The summed E-state index contributed by atoms with van der Waals surface area (Å²) in [5, 5.41) is 0. The van der Waals surface area contributed by atoms with E-state index in [2.05, 4.69) is 141 Å². The van der Waals surface area contributed by atoms with Gasteiger partial charge in [-0.3, -0.25) is 0 Å². The normalized spacial score (nSPS) is 18.2. The molecule has 47 heavy (non-hydrogen) atoms. The average molecular weight is 738 g/mol. The van der Waals surface area contributed by atoms with Crippen LogP contribution in [0.2, 0.25) is 0 Å². The Labute approximate surface area is 311 Å². The molecule has 2 atom stereocenters. The number of fused-ring (bicyclic) bond motifs is 2. The fourth-order valence-corrected chi connectivity index (χ4v) is 9.14. The molecule has 4 aromatic carbocycles. The third-order valence-electron chi connectivity index (χ3n) is 10.8. The number of halogens is 2. The van der Waals surface area contributed by atoms with E-state index >= 15 is 0 Å². The predicted octanol–water partition coefficient (Wildman–Crippen LogP) is 6.13. The third kappa shape index (κ3) is 6.02. The van der Waals surface area contributed by atoms with Crippen molar-refractivity contribution in [3.63, 3.8) is 0 Å². The first-order chi connectivity index (χ1) is 21.3. The molecule has 0 nitrogen and oxygen atoms in total. The van der Waals surface area contributed by atoms with E-state index in [1.165, 1.54) is 50.9 Å². The molecule has 3 aliphatic rings. The van der Waals surface area contributed by atoms with Gasteiger partial charge in [-0.15, -0.1) is 0 Å². The Morgan fingerprint density at radius 2 is 1.26 bits per heavy atom. The van der Waals surface area contributed by atoms with Gasteiger partial charge in [-0.05, 0) is 5.41 Å². The molecular formula is C44H47Cl2Zr. The van der Waals surface area contributed by atoms with Gasteiger partial charge >= 0.3 is 262 Å². The Morgan fingerprint density at radius 1 is 0.681 bits per heavy atom. The number of rotatable bonds is 4. The van der Waals surface area contributed by atoms with E-state index in [-0.39, 0.29) is 35.6 Å². The fraction of sp³-hybridized carbons (Fsp3) is 0.364. The Morgan fingerprint density at radius 3 is 1.81 bits per heavy atom. The number of hydrogen-bond donors (Lipinski definition) is 0. The van der Waals surface area contributed by atoms with Crippen molar-refractivity contribution in [3.05, 3.63) is 128 Å². The molecule has 0 radical (unpaired) electrons. The van der Waals surface area contributed by atoms with E-state index in [1.54, 1.807) is 63.7 Å². The molecule has 2 unspecified atom stereocenters. The van der Waals surface area contributed by atoms with E-state index < -0.39 is 0 Å². The van der Waals surface area contributed by atoms with Crippen molar-refractivity contribution >= 4 is 11.6 Å². The van der Waals surface area contributed by atoms with Crippen LogP contribution in [0, 0.1) is 5.92 Å². The van der Waals surface area contributed by atoms with Gasteiger partial charge in [-0.1, -0.05) is 20.8 Å². The maximum absolute atomic E-state index is 2.66. The van der Waals surface area contributed by atoms with E-state index in [1.807, 2.05) is 0 Å². The average Bonchev–Trinajstić information content (AvgIpc) is 3.51. The topological polar surface area (TPSA) is 0 Å². The van der Waals surface area contributed by atoms with Gasteiger partial charge in [-0.25, -0.2) is 0 Å². The largest absolute Gasteiger partial charge is 1.00 e. The first-order valence-electron chi connectivity index (χ1n) is 16.9. The summed E-state index contributed by atoms with van der Waals surface area (Å²) in [5.74, 6) is 0.767. The summed E-state index contributed by atoms with van der Waals surface area (Å²) in [4.78, 5) is 0. The molecule has 0 spiro atoms. The second-order valence-electron chi connectivity index (χ2n) is 16.1. The summed E-state index contributed by atoms with van der Waals surface area (Å²) in [6, 6.07) is 28.6. The van der Waals surface area contributed by atoms with Gasteiger partial charge in [0.05, 0.1) is 0 Å². The molecule has 0 aromatic heterocycles. The molecule has 0 heterocycles. The van der Waals surface area contributed by atoms with Crippen LogP contribution in [0.15, 0.2) is 83.9 Å². The summed E-state index contributed by atoms with van der Waals surface area (Å²) in [6.07, 6.45) is 4.86. The summed E-state index contributed by atoms with van der Waals surface area (Å²) in [6.45, 7) is 21.0.